The van der Waals surface area contributed by atoms with Crippen LogP contribution in [-0.4, -0.2) is 31.1 Å². The second kappa shape index (κ2) is 8.02. The number of para-hydroxylation sites is 1. The minimum absolute atomic E-state index is 0.208. The summed E-state index contributed by atoms with van der Waals surface area (Å²) in [4.78, 5) is 19.5. The van der Waals surface area contributed by atoms with Crippen LogP contribution >= 0.6 is 11.3 Å². The van der Waals surface area contributed by atoms with Crippen molar-refractivity contribution in [1.29, 1.82) is 0 Å². The molecule has 2 aromatic carbocycles. The standard InChI is InChI=1S/C22H23N3O2S/c1-15-11-12-25(13-15)17-9-7-16(8-10-17)23-21(26)19-14-28-22(24-19)18-5-3-4-6-20(18)27-2/h3-10,14-15H,11-13H2,1-2H3,(H,23,26). The van der Waals surface area contributed by atoms with E-state index in [1.807, 2.05) is 36.4 Å². The predicted octanol–water partition coefficient (Wildman–Crippen LogP) is 4.92. The molecule has 1 unspecified atom stereocenters. The van der Waals surface area contributed by atoms with Crippen molar-refractivity contribution >= 4 is 28.6 Å². The first-order chi connectivity index (χ1) is 13.6. The van der Waals surface area contributed by atoms with Crippen LogP contribution in [0.25, 0.3) is 10.6 Å². The zero-order valence-electron chi connectivity index (χ0n) is 16.0. The fourth-order valence-corrected chi connectivity index (χ4v) is 4.27. The number of benzene rings is 2. The lowest BCUT2D eigenvalue weighted by molar-refractivity contribution is 0.102. The quantitative estimate of drug-likeness (QED) is 0.669. The van der Waals surface area contributed by atoms with E-state index < -0.39 is 0 Å². The summed E-state index contributed by atoms with van der Waals surface area (Å²) in [5.41, 5.74) is 3.27. The van der Waals surface area contributed by atoms with Gasteiger partial charge in [-0.3, -0.25) is 4.79 Å². The van der Waals surface area contributed by atoms with Crippen molar-refractivity contribution in [2.75, 3.05) is 30.4 Å². The van der Waals surface area contributed by atoms with Crippen molar-refractivity contribution in [1.82, 2.24) is 4.98 Å². The summed E-state index contributed by atoms with van der Waals surface area (Å²) in [6.45, 7) is 4.47. The smallest absolute Gasteiger partial charge is 0.275 e. The topological polar surface area (TPSA) is 54.5 Å². The molecule has 1 aliphatic rings. The van der Waals surface area contributed by atoms with Crippen molar-refractivity contribution in [3.63, 3.8) is 0 Å². The molecule has 6 heteroatoms. The Morgan fingerprint density at radius 3 is 2.71 bits per heavy atom. The molecule has 144 valence electrons. The van der Waals surface area contributed by atoms with Crippen LogP contribution in [0.1, 0.15) is 23.8 Å². The molecule has 1 saturated heterocycles. The van der Waals surface area contributed by atoms with Gasteiger partial charge in [0.15, 0.2) is 0 Å². The van der Waals surface area contributed by atoms with Crippen molar-refractivity contribution in [3.8, 4) is 16.3 Å². The van der Waals surface area contributed by atoms with Gasteiger partial charge >= 0.3 is 0 Å². The molecule has 1 aromatic heterocycles. The largest absolute Gasteiger partial charge is 0.496 e. The summed E-state index contributed by atoms with van der Waals surface area (Å²) in [5, 5.41) is 5.47. The first-order valence-corrected chi connectivity index (χ1v) is 10.3. The monoisotopic (exact) mass is 393 g/mol. The Balaban J connectivity index is 1.45. The molecule has 0 saturated carbocycles. The van der Waals surface area contributed by atoms with Crippen LogP contribution in [0.5, 0.6) is 5.75 Å². The zero-order valence-corrected chi connectivity index (χ0v) is 16.8. The van der Waals surface area contributed by atoms with Crippen LogP contribution in [0.4, 0.5) is 11.4 Å². The Morgan fingerprint density at radius 2 is 2.00 bits per heavy atom. The summed E-state index contributed by atoms with van der Waals surface area (Å²) < 4.78 is 5.39. The van der Waals surface area contributed by atoms with Gasteiger partial charge in [0.2, 0.25) is 0 Å². The van der Waals surface area contributed by atoms with E-state index in [2.05, 4.69) is 34.3 Å². The van der Waals surface area contributed by atoms with Gasteiger partial charge in [0, 0.05) is 29.8 Å². The minimum Gasteiger partial charge on any atom is -0.496 e. The van der Waals surface area contributed by atoms with Crippen molar-refractivity contribution in [3.05, 3.63) is 59.6 Å². The fraction of sp³-hybridized carbons (Fsp3) is 0.273. The highest BCUT2D eigenvalue weighted by Gasteiger charge is 2.19. The van der Waals surface area contributed by atoms with E-state index >= 15 is 0 Å². The number of rotatable bonds is 5. The number of carbonyl (C=O) groups is 1. The van der Waals surface area contributed by atoms with Crippen LogP contribution in [0.15, 0.2) is 53.9 Å². The fourth-order valence-electron chi connectivity index (χ4n) is 3.44. The van der Waals surface area contributed by atoms with Gasteiger partial charge in [-0.25, -0.2) is 4.98 Å². The molecule has 0 spiro atoms. The molecular weight excluding hydrogens is 370 g/mol. The van der Waals surface area contributed by atoms with Gasteiger partial charge in [-0.1, -0.05) is 19.1 Å². The Morgan fingerprint density at radius 1 is 1.21 bits per heavy atom. The molecule has 1 aliphatic heterocycles. The summed E-state index contributed by atoms with van der Waals surface area (Å²) in [6, 6.07) is 15.7. The maximum atomic E-state index is 12.6. The van der Waals surface area contributed by atoms with E-state index in [-0.39, 0.29) is 5.91 Å². The number of thiazole rings is 1. The average molecular weight is 394 g/mol. The third-order valence-corrected chi connectivity index (χ3v) is 5.86. The Labute approximate surface area is 169 Å². The van der Waals surface area contributed by atoms with E-state index in [1.165, 1.54) is 23.4 Å². The minimum atomic E-state index is -0.208. The van der Waals surface area contributed by atoms with Crippen LogP contribution in [-0.2, 0) is 0 Å². The highest BCUT2D eigenvalue weighted by atomic mass is 32.1. The summed E-state index contributed by atoms with van der Waals surface area (Å²) >= 11 is 1.43. The third kappa shape index (κ3) is 3.87. The van der Waals surface area contributed by atoms with Crippen LogP contribution in [0.2, 0.25) is 0 Å². The van der Waals surface area contributed by atoms with Gasteiger partial charge < -0.3 is 15.0 Å². The first kappa shape index (κ1) is 18.5. The molecule has 0 radical (unpaired) electrons. The van der Waals surface area contributed by atoms with E-state index in [0.29, 0.717) is 5.69 Å². The lowest BCUT2D eigenvalue weighted by Gasteiger charge is -2.18. The lowest BCUT2D eigenvalue weighted by atomic mass is 10.2. The van der Waals surface area contributed by atoms with E-state index in [4.69, 9.17) is 4.74 Å². The highest BCUT2D eigenvalue weighted by molar-refractivity contribution is 7.13. The molecule has 4 rings (SSSR count). The molecule has 5 nitrogen and oxygen atoms in total. The first-order valence-electron chi connectivity index (χ1n) is 9.39. The van der Waals surface area contributed by atoms with Crippen LogP contribution in [0, 0.1) is 5.92 Å². The van der Waals surface area contributed by atoms with Crippen LogP contribution in [0.3, 0.4) is 0 Å². The van der Waals surface area contributed by atoms with Gasteiger partial charge in [-0.05, 0) is 48.7 Å². The zero-order chi connectivity index (χ0) is 19.5. The molecule has 1 atom stereocenters. The predicted molar refractivity (Wildman–Crippen MR) is 114 cm³/mol. The molecule has 0 bridgehead atoms. The van der Waals surface area contributed by atoms with E-state index in [1.54, 1.807) is 12.5 Å². The summed E-state index contributed by atoms with van der Waals surface area (Å²) in [5.74, 6) is 1.28. The number of carbonyl (C=O) groups excluding carboxylic acids is 1. The number of amides is 1. The number of ether oxygens (including phenoxy) is 1. The summed E-state index contributed by atoms with van der Waals surface area (Å²) in [7, 11) is 1.63. The highest BCUT2D eigenvalue weighted by Crippen LogP contribution is 2.32. The number of methoxy groups -OCH3 is 1. The molecule has 1 amide bonds. The van der Waals surface area contributed by atoms with Gasteiger partial charge in [-0.15, -0.1) is 11.3 Å². The van der Waals surface area contributed by atoms with Gasteiger partial charge in [0.05, 0.1) is 12.7 Å². The number of nitrogens with zero attached hydrogens (tertiary/aromatic N) is 2. The normalized spacial score (nSPS) is 16.2. The third-order valence-electron chi connectivity index (χ3n) is 4.99. The Hall–Kier alpha value is -2.86. The maximum absolute atomic E-state index is 12.6. The molecule has 2 heterocycles. The lowest BCUT2D eigenvalue weighted by Crippen LogP contribution is -2.19. The molecule has 0 aliphatic carbocycles. The average Bonchev–Trinajstić information content (AvgIpc) is 3.38. The Kier molecular flexibility index (Phi) is 5.30. The number of anilines is 2. The van der Waals surface area contributed by atoms with Gasteiger partial charge in [0.25, 0.3) is 5.91 Å². The number of hydrogen-bond acceptors (Lipinski definition) is 5. The number of hydrogen-bond donors (Lipinski definition) is 1. The van der Waals surface area contributed by atoms with Crippen molar-refractivity contribution in [2.24, 2.45) is 5.92 Å². The van der Waals surface area contributed by atoms with Crippen molar-refractivity contribution in [2.45, 2.75) is 13.3 Å². The molecule has 1 N–H and O–H groups in total. The second-order valence-corrected chi connectivity index (χ2v) is 7.94. The number of nitrogens with one attached hydrogen (secondary N) is 1. The van der Waals surface area contributed by atoms with Gasteiger partial charge in [-0.2, -0.15) is 0 Å². The van der Waals surface area contributed by atoms with E-state index in [9.17, 15) is 4.79 Å². The molecule has 3 aromatic rings. The summed E-state index contributed by atoms with van der Waals surface area (Å²) in [6.07, 6.45) is 1.23. The molecular formula is C22H23N3O2S. The molecule has 28 heavy (non-hydrogen) atoms. The number of aromatic nitrogens is 1. The molecule has 1 fully saturated rings. The SMILES string of the molecule is COc1ccccc1-c1nc(C(=O)Nc2ccc(N3CCC(C)C3)cc2)cs1. The maximum Gasteiger partial charge on any atom is 0.275 e. The van der Waals surface area contributed by atoms with Crippen LogP contribution < -0.4 is 15.0 Å². The van der Waals surface area contributed by atoms with E-state index in [0.717, 1.165) is 41.0 Å². The van der Waals surface area contributed by atoms with Crippen molar-refractivity contribution < 1.29 is 9.53 Å². The van der Waals surface area contributed by atoms with Gasteiger partial charge in [0.1, 0.15) is 16.5 Å². The second-order valence-electron chi connectivity index (χ2n) is 7.08. The Bertz CT molecular complexity index is 968.